The van der Waals surface area contributed by atoms with Crippen molar-refractivity contribution >= 4 is 29.0 Å². The van der Waals surface area contributed by atoms with E-state index >= 15 is 0 Å². The van der Waals surface area contributed by atoms with Crippen LogP contribution in [0.3, 0.4) is 0 Å². The van der Waals surface area contributed by atoms with Crippen molar-refractivity contribution in [3.63, 3.8) is 0 Å². The van der Waals surface area contributed by atoms with Crippen LogP contribution >= 0.6 is 0 Å². The maximum Gasteiger partial charge on any atom is 0.254 e. The van der Waals surface area contributed by atoms with Crippen LogP contribution in [0.4, 0.5) is 23.1 Å². The van der Waals surface area contributed by atoms with Crippen LogP contribution in [0.15, 0.2) is 42.6 Å². The summed E-state index contributed by atoms with van der Waals surface area (Å²) in [5.41, 5.74) is 10.5. The normalized spacial score (nSPS) is 16.1. The molecule has 1 amide bonds. The fourth-order valence-electron chi connectivity index (χ4n) is 5.05. The third kappa shape index (κ3) is 5.06. The topological polar surface area (TPSA) is 129 Å². The Bertz CT molecular complexity index is 1380. The smallest absolute Gasteiger partial charge is 0.254 e. The van der Waals surface area contributed by atoms with Gasteiger partial charge >= 0.3 is 0 Å². The van der Waals surface area contributed by atoms with Gasteiger partial charge < -0.3 is 26.0 Å². The second-order valence-electron chi connectivity index (χ2n) is 9.96. The molecule has 0 atom stereocenters. The van der Waals surface area contributed by atoms with E-state index in [0.29, 0.717) is 23.9 Å². The minimum Gasteiger partial charge on any atom is -0.495 e. The lowest BCUT2D eigenvalue weighted by Crippen LogP contribution is -2.30. The number of amides is 1. The lowest BCUT2D eigenvalue weighted by atomic mass is 9.66. The van der Waals surface area contributed by atoms with Crippen molar-refractivity contribution in [2.45, 2.75) is 38.6 Å². The molecule has 37 heavy (non-hydrogen) atoms. The van der Waals surface area contributed by atoms with Crippen molar-refractivity contribution < 1.29 is 9.53 Å². The average Bonchev–Trinajstić information content (AvgIpc) is 2.86. The molecule has 5 rings (SSSR count). The van der Waals surface area contributed by atoms with Crippen molar-refractivity contribution in [1.29, 1.82) is 5.26 Å². The summed E-state index contributed by atoms with van der Waals surface area (Å²) < 4.78 is 5.64. The minimum atomic E-state index is -0.631. The van der Waals surface area contributed by atoms with E-state index in [1.807, 2.05) is 24.3 Å². The Hall–Kier alpha value is -4.16. The summed E-state index contributed by atoms with van der Waals surface area (Å²) in [6, 6.07) is 14.4. The van der Waals surface area contributed by atoms with Crippen LogP contribution in [-0.4, -0.2) is 41.5 Å². The Kier molecular flexibility index (Phi) is 6.68. The number of nitrogens with one attached hydrogen (secondary N) is 2. The molecule has 2 aliphatic rings. The van der Waals surface area contributed by atoms with Gasteiger partial charge in [0.1, 0.15) is 17.1 Å². The number of hydrogen-bond donors (Lipinski definition) is 3. The molecular formula is C28H31N7O2. The van der Waals surface area contributed by atoms with Crippen molar-refractivity contribution in [2.24, 2.45) is 11.1 Å². The van der Waals surface area contributed by atoms with Crippen LogP contribution in [-0.2, 0) is 19.4 Å². The third-order valence-electron chi connectivity index (χ3n) is 7.37. The highest BCUT2D eigenvalue weighted by Gasteiger charge is 2.37. The van der Waals surface area contributed by atoms with Crippen molar-refractivity contribution in [3.05, 3.63) is 64.8 Å². The fraction of sp³-hybridized carbons (Fsp3) is 0.357. The summed E-state index contributed by atoms with van der Waals surface area (Å²) in [5, 5.41) is 16.3. The predicted octanol–water partition coefficient (Wildman–Crippen LogP) is 4.30. The van der Waals surface area contributed by atoms with Crippen LogP contribution in [0.1, 0.15) is 46.3 Å². The molecule has 0 spiro atoms. The Morgan fingerprint density at radius 1 is 1.22 bits per heavy atom. The first kappa shape index (κ1) is 24.5. The van der Waals surface area contributed by atoms with Gasteiger partial charge in [0.15, 0.2) is 0 Å². The number of methoxy groups -OCH3 is 1. The van der Waals surface area contributed by atoms with Crippen LogP contribution in [0.2, 0.25) is 0 Å². The molecule has 3 aromatic rings. The number of carbonyl (C=O) groups is 1. The molecule has 0 saturated heterocycles. The number of rotatable bonds is 8. The summed E-state index contributed by atoms with van der Waals surface area (Å²) in [7, 11) is 3.74. The number of benzene rings is 2. The lowest BCUT2D eigenvalue weighted by Gasteiger charge is -2.35. The highest BCUT2D eigenvalue weighted by atomic mass is 16.5. The van der Waals surface area contributed by atoms with Gasteiger partial charge in [0, 0.05) is 25.0 Å². The molecule has 9 nitrogen and oxygen atoms in total. The lowest BCUT2D eigenvalue weighted by molar-refractivity contribution is 0.100. The van der Waals surface area contributed by atoms with Crippen LogP contribution < -0.4 is 21.1 Å². The van der Waals surface area contributed by atoms with E-state index in [0.717, 1.165) is 55.7 Å². The van der Waals surface area contributed by atoms with Gasteiger partial charge in [0.2, 0.25) is 5.95 Å². The maximum absolute atomic E-state index is 12.2. The van der Waals surface area contributed by atoms with Gasteiger partial charge in [-0.25, -0.2) is 4.98 Å². The third-order valence-corrected chi connectivity index (χ3v) is 7.37. The molecule has 1 aliphatic carbocycles. The highest BCUT2D eigenvalue weighted by molar-refractivity contribution is 5.98. The summed E-state index contributed by atoms with van der Waals surface area (Å²) >= 11 is 0. The first-order valence-electron chi connectivity index (χ1n) is 12.5. The van der Waals surface area contributed by atoms with Gasteiger partial charge in [0.25, 0.3) is 5.91 Å². The first-order chi connectivity index (χ1) is 17.9. The molecule has 9 heteroatoms. The molecule has 2 heterocycles. The Balaban J connectivity index is 1.46. The number of fused-ring (bicyclic) bond motifs is 1. The SMILES string of the molecule is COc1cc2c(cc1Nc1ncc(C(N)=O)c(Nc3ccccc3CC3(C#N)CCC3)n1)CN(C)CC2. The monoisotopic (exact) mass is 497 g/mol. The number of para-hydroxylation sites is 1. The number of nitrogens with two attached hydrogens (primary N) is 1. The zero-order chi connectivity index (χ0) is 26.0. The Morgan fingerprint density at radius 3 is 2.73 bits per heavy atom. The molecule has 2 aromatic carbocycles. The summed E-state index contributed by atoms with van der Waals surface area (Å²) in [5.74, 6) is 0.676. The number of aromatic nitrogens is 2. The highest BCUT2D eigenvalue weighted by Crippen LogP contribution is 2.44. The zero-order valence-corrected chi connectivity index (χ0v) is 21.2. The molecule has 0 unspecified atom stereocenters. The Morgan fingerprint density at radius 2 is 2.03 bits per heavy atom. The maximum atomic E-state index is 12.2. The molecular weight excluding hydrogens is 466 g/mol. The quantitative estimate of drug-likeness (QED) is 0.420. The van der Waals surface area contributed by atoms with Crippen molar-refractivity contribution in [1.82, 2.24) is 14.9 Å². The van der Waals surface area contributed by atoms with Gasteiger partial charge in [-0.2, -0.15) is 10.2 Å². The number of ether oxygens (including phenoxy) is 1. The molecule has 4 N–H and O–H groups in total. The predicted molar refractivity (Wildman–Crippen MR) is 142 cm³/mol. The summed E-state index contributed by atoms with van der Waals surface area (Å²) in [4.78, 5) is 23.4. The second-order valence-corrected chi connectivity index (χ2v) is 9.96. The van der Waals surface area contributed by atoms with E-state index in [1.54, 1.807) is 7.11 Å². The molecule has 0 radical (unpaired) electrons. The molecule has 190 valence electrons. The largest absolute Gasteiger partial charge is 0.495 e. The number of hydrogen-bond acceptors (Lipinski definition) is 8. The van der Waals surface area contributed by atoms with Crippen LogP contribution in [0.5, 0.6) is 5.75 Å². The van der Waals surface area contributed by atoms with Gasteiger partial charge in [-0.15, -0.1) is 0 Å². The fourth-order valence-corrected chi connectivity index (χ4v) is 5.05. The van der Waals surface area contributed by atoms with E-state index in [-0.39, 0.29) is 11.0 Å². The van der Waals surface area contributed by atoms with E-state index in [2.05, 4.69) is 50.8 Å². The van der Waals surface area contributed by atoms with Crippen LogP contribution in [0.25, 0.3) is 0 Å². The van der Waals surface area contributed by atoms with Gasteiger partial charge in [-0.3, -0.25) is 4.79 Å². The minimum absolute atomic E-state index is 0.179. The van der Waals surface area contributed by atoms with E-state index in [9.17, 15) is 10.1 Å². The number of primary amides is 1. The number of likely N-dealkylation sites (N-methyl/N-ethyl adjacent to an activating group) is 1. The second kappa shape index (κ2) is 10.1. The standard InChI is InChI=1S/C28H31N7O2/c1-35-11-8-18-13-24(37-2)23(12-20(18)16-35)33-27-31-15-21(25(30)36)26(34-27)32-22-7-4-3-6-19(22)14-28(17-29)9-5-10-28/h3-4,6-7,12-13,15H,5,8-11,14,16H2,1-2H3,(H2,30,36)(H2,31,32,33,34). The average molecular weight is 498 g/mol. The Labute approximate surface area is 216 Å². The molecule has 0 bridgehead atoms. The molecule has 1 fully saturated rings. The molecule has 1 aliphatic heterocycles. The number of nitriles is 1. The van der Waals surface area contributed by atoms with Crippen molar-refractivity contribution in [2.75, 3.05) is 31.3 Å². The summed E-state index contributed by atoms with van der Waals surface area (Å²) in [6.07, 6.45) is 5.87. The number of nitrogens with zero attached hydrogens (tertiary/aromatic N) is 4. The van der Waals surface area contributed by atoms with E-state index in [1.165, 1.54) is 17.3 Å². The van der Waals surface area contributed by atoms with Gasteiger partial charge in [-0.05, 0) is 67.6 Å². The van der Waals surface area contributed by atoms with E-state index < -0.39 is 5.91 Å². The van der Waals surface area contributed by atoms with E-state index in [4.69, 9.17) is 10.5 Å². The number of carbonyl (C=O) groups excluding carboxylic acids is 1. The molecule has 1 aromatic heterocycles. The van der Waals surface area contributed by atoms with Gasteiger partial charge in [0.05, 0.1) is 24.3 Å². The van der Waals surface area contributed by atoms with Gasteiger partial charge in [-0.1, -0.05) is 24.6 Å². The van der Waals surface area contributed by atoms with Crippen molar-refractivity contribution in [3.8, 4) is 11.8 Å². The first-order valence-corrected chi connectivity index (χ1v) is 12.5. The summed E-state index contributed by atoms with van der Waals surface area (Å²) in [6.45, 7) is 1.86. The zero-order valence-electron chi connectivity index (χ0n) is 21.2. The number of anilines is 4. The van der Waals surface area contributed by atoms with Crippen LogP contribution in [0, 0.1) is 16.7 Å². The molecule has 1 saturated carbocycles.